The maximum absolute atomic E-state index is 11.4. The minimum absolute atomic E-state index is 0.0943. The van der Waals surface area contributed by atoms with Crippen LogP contribution in [-0.2, 0) is 0 Å². The van der Waals surface area contributed by atoms with Gasteiger partial charge in [-0.2, -0.15) is 0 Å². The fourth-order valence-electron chi connectivity index (χ4n) is 2.09. The average molecular weight is 335 g/mol. The van der Waals surface area contributed by atoms with Crippen molar-refractivity contribution < 1.29 is 14.6 Å². The standard InChI is InChI=1S/C17H19ClN2O3/c1-4-23-15-12(18)6-5-7-14(15)20-16-11(17(21)22)8-9-13(19-16)10(2)3/h5-10H,4H2,1-3H3,(H,19,20)(H,21,22). The average Bonchev–Trinajstić information content (AvgIpc) is 2.50. The predicted octanol–water partition coefficient (Wildman–Crippen LogP) is 4.70. The van der Waals surface area contributed by atoms with Crippen LogP contribution in [0.2, 0.25) is 5.02 Å². The fraction of sp³-hybridized carbons (Fsp3) is 0.294. The quantitative estimate of drug-likeness (QED) is 0.801. The molecule has 0 unspecified atom stereocenters. The highest BCUT2D eigenvalue weighted by molar-refractivity contribution is 6.32. The predicted molar refractivity (Wildman–Crippen MR) is 91.2 cm³/mol. The van der Waals surface area contributed by atoms with Crippen LogP contribution in [-0.4, -0.2) is 22.7 Å². The molecule has 0 fully saturated rings. The Balaban J connectivity index is 2.48. The summed E-state index contributed by atoms with van der Waals surface area (Å²) in [7, 11) is 0. The molecule has 1 heterocycles. The maximum Gasteiger partial charge on any atom is 0.339 e. The van der Waals surface area contributed by atoms with E-state index in [1.165, 1.54) is 0 Å². The van der Waals surface area contributed by atoms with Crippen molar-refractivity contribution >= 4 is 29.1 Å². The zero-order valence-corrected chi connectivity index (χ0v) is 14.0. The van der Waals surface area contributed by atoms with Crippen LogP contribution in [0, 0.1) is 0 Å². The van der Waals surface area contributed by atoms with Crippen LogP contribution in [0.4, 0.5) is 11.5 Å². The molecule has 2 rings (SSSR count). The molecule has 0 radical (unpaired) electrons. The van der Waals surface area contributed by atoms with Crippen molar-refractivity contribution in [2.75, 3.05) is 11.9 Å². The molecular weight excluding hydrogens is 316 g/mol. The lowest BCUT2D eigenvalue weighted by Crippen LogP contribution is -2.08. The van der Waals surface area contributed by atoms with Gasteiger partial charge in [0.15, 0.2) is 5.75 Å². The summed E-state index contributed by atoms with van der Waals surface area (Å²) in [5, 5.41) is 12.9. The number of hydrogen-bond acceptors (Lipinski definition) is 4. The normalized spacial score (nSPS) is 10.7. The number of benzene rings is 1. The number of ether oxygens (including phenoxy) is 1. The highest BCUT2D eigenvalue weighted by atomic mass is 35.5. The van der Waals surface area contributed by atoms with Crippen molar-refractivity contribution in [1.29, 1.82) is 0 Å². The number of anilines is 2. The number of carbonyl (C=O) groups is 1. The lowest BCUT2D eigenvalue weighted by atomic mass is 10.1. The van der Waals surface area contributed by atoms with Gasteiger partial charge in [-0.15, -0.1) is 0 Å². The number of carboxylic acid groups (broad SMARTS) is 1. The van der Waals surface area contributed by atoms with Gasteiger partial charge in [-0.1, -0.05) is 31.5 Å². The second-order valence-electron chi connectivity index (χ2n) is 5.27. The molecule has 5 nitrogen and oxygen atoms in total. The van der Waals surface area contributed by atoms with Crippen LogP contribution < -0.4 is 10.1 Å². The third-order valence-corrected chi connectivity index (χ3v) is 3.55. The molecule has 0 atom stereocenters. The van der Waals surface area contributed by atoms with Crippen LogP contribution in [0.3, 0.4) is 0 Å². The molecule has 0 bridgehead atoms. The van der Waals surface area contributed by atoms with E-state index in [9.17, 15) is 9.90 Å². The van der Waals surface area contributed by atoms with E-state index in [0.29, 0.717) is 23.1 Å². The fourth-order valence-corrected chi connectivity index (χ4v) is 2.32. The minimum atomic E-state index is -1.05. The Labute approximate surface area is 140 Å². The summed E-state index contributed by atoms with van der Waals surface area (Å²) < 4.78 is 5.55. The van der Waals surface area contributed by atoms with Gasteiger partial charge < -0.3 is 15.2 Å². The Morgan fingerprint density at radius 2 is 2.09 bits per heavy atom. The Morgan fingerprint density at radius 1 is 1.35 bits per heavy atom. The van der Waals surface area contributed by atoms with Crippen LogP contribution >= 0.6 is 11.6 Å². The number of halogens is 1. The zero-order valence-electron chi connectivity index (χ0n) is 13.3. The second-order valence-corrected chi connectivity index (χ2v) is 5.67. The van der Waals surface area contributed by atoms with E-state index in [4.69, 9.17) is 16.3 Å². The van der Waals surface area contributed by atoms with Crippen LogP contribution in [0.25, 0.3) is 0 Å². The van der Waals surface area contributed by atoms with Crippen molar-refractivity contribution in [3.63, 3.8) is 0 Å². The monoisotopic (exact) mass is 334 g/mol. The van der Waals surface area contributed by atoms with Crippen molar-refractivity contribution in [2.45, 2.75) is 26.7 Å². The lowest BCUT2D eigenvalue weighted by Gasteiger charge is -2.16. The van der Waals surface area contributed by atoms with E-state index in [-0.39, 0.29) is 17.3 Å². The molecule has 0 aliphatic heterocycles. The van der Waals surface area contributed by atoms with Gasteiger partial charge in [0.05, 0.1) is 17.3 Å². The number of nitrogens with zero attached hydrogens (tertiary/aromatic N) is 1. The molecule has 0 aliphatic carbocycles. The first kappa shape index (κ1) is 17.1. The minimum Gasteiger partial charge on any atom is -0.490 e. The summed E-state index contributed by atoms with van der Waals surface area (Å²) in [4.78, 5) is 15.9. The highest BCUT2D eigenvalue weighted by Gasteiger charge is 2.16. The Hall–Kier alpha value is -2.27. The number of carboxylic acids is 1. The number of rotatable bonds is 6. The largest absolute Gasteiger partial charge is 0.490 e. The number of aromatic carboxylic acids is 1. The Morgan fingerprint density at radius 3 is 2.70 bits per heavy atom. The van der Waals surface area contributed by atoms with E-state index in [2.05, 4.69) is 10.3 Å². The van der Waals surface area contributed by atoms with Crippen LogP contribution in [0.15, 0.2) is 30.3 Å². The summed E-state index contributed by atoms with van der Waals surface area (Å²) in [5.74, 6) is -0.115. The third-order valence-electron chi connectivity index (χ3n) is 3.25. The molecule has 23 heavy (non-hydrogen) atoms. The van der Waals surface area contributed by atoms with Crippen molar-refractivity contribution in [2.24, 2.45) is 0 Å². The van der Waals surface area contributed by atoms with Gasteiger partial charge in [0.2, 0.25) is 0 Å². The first-order chi connectivity index (χ1) is 10.9. The molecule has 0 saturated carbocycles. The molecule has 1 aromatic heterocycles. The number of nitrogens with one attached hydrogen (secondary N) is 1. The summed E-state index contributed by atoms with van der Waals surface area (Å²) in [6, 6.07) is 8.53. The van der Waals surface area contributed by atoms with E-state index < -0.39 is 5.97 Å². The number of pyridine rings is 1. The number of aromatic nitrogens is 1. The summed E-state index contributed by atoms with van der Waals surface area (Å²) in [6.07, 6.45) is 0. The SMILES string of the molecule is CCOc1c(Cl)cccc1Nc1nc(C(C)C)ccc1C(=O)O. The molecule has 0 aliphatic rings. The molecule has 0 saturated heterocycles. The van der Waals surface area contributed by atoms with Crippen molar-refractivity contribution in [3.05, 3.63) is 46.6 Å². The molecule has 2 aromatic rings. The number of para-hydroxylation sites is 1. The molecule has 2 N–H and O–H groups in total. The molecular formula is C17H19ClN2O3. The van der Waals surface area contributed by atoms with Gasteiger partial charge in [0, 0.05) is 5.69 Å². The van der Waals surface area contributed by atoms with Crippen molar-refractivity contribution in [3.8, 4) is 5.75 Å². The van der Waals surface area contributed by atoms with Crippen molar-refractivity contribution in [1.82, 2.24) is 4.98 Å². The maximum atomic E-state index is 11.4. The molecule has 6 heteroatoms. The summed E-state index contributed by atoms with van der Waals surface area (Å²) >= 11 is 6.16. The van der Waals surface area contributed by atoms with E-state index >= 15 is 0 Å². The van der Waals surface area contributed by atoms with Gasteiger partial charge in [0.25, 0.3) is 0 Å². The Bertz CT molecular complexity index is 717. The summed E-state index contributed by atoms with van der Waals surface area (Å²) in [6.45, 7) is 6.30. The van der Waals surface area contributed by atoms with Gasteiger partial charge >= 0.3 is 5.97 Å². The first-order valence-corrected chi connectivity index (χ1v) is 7.74. The molecule has 122 valence electrons. The van der Waals surface area contributed by atoms with Crippen LogP contribution in [0.1, 0.15) is 42.7 Å². The smallest absolute Gasteiger partial charge is 0.339 e. The topological polar surface area (TPSA) is 71.5 Å². The van der Waals surface area contributed by atoms with E-state index in [1.807, 2.05) is 20.8 Å². The lowest BCUT2D eigenvalue weighted by molar-refractivity contribution is 0.0697. The first-order valence-electron chi connectivity index (χ1n) is 7.36. The van der Waals surface area contributed by atoms with Gasteiger partial charge in [0.1, 0.15) is 11.4 Å². The zero-order chi connectivity index (χ0) is 17.0. The van der Waals surface area contributed by atoms with Crippen LogP contribution in [0.5, 0.6) is 5.75 Å². The Kier molecular flexibility index (Phi) is 5.45. The third kappa shape index (κ3) is 3.93. The van der Waals surface area contributed by atoms with Gasteiger partial charge in [-0.25, -0.2) is 9.78 Å². The van der Waals surface area contributed by atoms with E-state index in [1.54, 1.807) is 30.3 Å². The number of hydrogen-bond donors (Lipinski definition) is 2. The van der Waals surface area contributed by atoms with Gasteiger partial charge in [-0.05, 0) is 37.1 Å². The molecule has 0 amide bonds. The van der Waals surface area contributed by atoms with E-state index in [0.717, 1.165) is 5.69 Å². The second kappa shape index (κ2) is 7.33. The molecule has 1 aromatic carbocycles. The highest BCUT2D eigenvalue weighted by Crippen LogP contribution is 2.35. The van der Waals surface area contributed by atoms with Gasteiger partial charge in [-0.3, -0.25) is 0 Å². The molecule has 0 spiro atoms. The summed E-state index contributed by atoms with van der Waals surface area (Å²) in [5.41, 5.74) is 1.48.